The smallest absolute Gasteiger partial charge is 0.305 e. The predicted molar refractivity (Wildman–Crippen MR) is 78.0 cm³/mol. The molecule has 0 fully saturated rings. The van der Waals surface area contributed by atoms with Crippen molar-refractivity contribution in [2.75, 3.05) is 26.5 Å². The van der Waals surface area contributed by atoms with Crippen LogP contribution in [-0.2, 0) is 16.0 Å². The van der Waals surface area contributed by atoms with E-state index in [0.29, 0.717) is 49.6 Å². The molecule has 118 valence electrons. The number of fused-ring (bicyclic) bond motifs is 2. The summed E-state index contributed by atoms with van der Waals surface area (Å²) in [5, 5.41) is 0. The van der Waals surface area contributed by atoms with Gasteiger partial charge in [-0.25, -0.2) is 0 Å². The van der Waals surface area contributed by atoms with Crippen molar-refractivity contribution in [2.45, 2.75) is 26.2 Å². The highest BCUT2D eigenvalue weighted by Crippen LogP contribution is 2.36. The maximum absolute atomic E-state index is 12.5. The zero-order chi connectivity index (χ0) is 15.5. The van der Waals surface area contributed by atoms with E-state index in [9.17, 15) is 9.59 Å². The Hall–Kier alpha value is -2.24. The van der Waals surface area contributed by atoms with Crippen LogP contribution in [0.3, 0.4) is 0 Å². The van der Waals surface area contributed by atoms with E-state index in [-0.39, 0.29) is 18.7 Å². The lowest BCUT2D eigenvalue weighted by Gasteiger charge is -2.28. The van der Waals surface area contributed by atoms with Crippen molar-refractivity contribution < 1.29 is 23.8 Å². The molecule has 0 saturated heterocycles. The van der Waals surface area contributed by atoms with Crippen LogP contribution >= 0.6 is 0 Å². The summed E-state index contributed by atoms with van der Waals surface area (Å²) in [6.45, 7) is 3.60. The van der Waals surface area contributed by atoms with Gasteiger partial charge < -0.3 is 19.1 Å². The van der Waals surface area contributed by atoms with Crippen LogP contribution in [0.1, 0.15) is 35.7 Å². The highest BCUT2D eigenvalue weighted by molar-refractivity contribution is 5.97. The molecule has 22 heavy (non-hydrogen) atoms. The number of amides is 1. The van der Waals surface area contributed by atoms with Gasteiger partial charge in [0.25, 0.3) is 5.91 Å². The summed E-state index contributed by atoms with van der Waals surface area (Å²) in [5.74, 6) is 1.11. The van der Waals surface area contributed by atoms with Crippen LogP contribution in [0, 0.1) is 0 Å². The topological polar surface area (TPSA) is 65.1 Å². The Bertz CT molecular complexity index is 598. The van der Waals surface area contributed by atoms with Gasteiger partial charge in [-0.15, -0.1) is 0 Å². The molecule has 0 aliphatic carbocycles. The van der Waals surface area contributed by atoms with Crippen LogP contribution < -0.4 is 9.47 Å². The Morgan fingerprint density at radius 3 is 2.86 bits per heavy atom. The average Bonchev–Trinajstić information content (AvgIpc) is 2.95. The van der Waals surface area contributed by atoms with E-state index in [1.165, 1.54) is 0 Å². The summed E-state index contributed by atoms with van der Waals surface area (Å²) in [6.07, 6.45) is 1.74. The third-order valence-corrected chi connectivity index (χ3v) is 3.88. The fraction of sp³-hybridized carbons (Fsp3) is 0.500. The number of benzene rings is 1. The molecule has 0 aromatic heterocycles. The van der Waals surface area contributed by atoms with E-state index < -0.39 is 0 Å². The minimum absolute atomic E-state index is 0.0107. The third kappa shape index (κ3) is 2.86. The number of rotatable bonds is 5. The molecule has 0 bridgehead atoms. The first-order valence-electron chi connectivity index (χ1n) is 7.56. The zero-order valence-electron chi connectivity index (χ0n) is 12.6. The molecule has 1 amide bonds. The largest absolute Gasteiger partial charge is 0.466 e. The summed E-state index contributed by atoms with van der Waals surface area (Å²) >= 11 is 0. The maximum atomic E-state index is 12.5. The zero-order valence-corrected chi connectivity index (χ0v) is 12.6. The van der Waals surface area contributed by atoms with Gasteiger partial charge in [0.1, 0.15) is 0 Å². The number of hydrogen-bond acceptors (Lipinski definition) is 5. The number of carbonyl (C=O) groups is 2. The van der Waals surface area contributed by atoms with Crippen LogP contribution in [0.15, 0.2) is 12.1 Å². The minimum atomic E-state index is -0.212. The highest BCUT2D eigenvalue weighted by Gasteiger charge is 2.27. The first-order valence-corrected chi connectivity index (χ1v) is 7.56. The van der Waals surface area contributed by atoms with Gasteiger partial charge in [0, 0.05) is 25.1 Å². The molecule has 0 N–H and O–H groups in total. The van der Waals surface area contributed by atoms with Gasteiger partial charge in [0.2, 0.25) is 6.79 Å². The van der Waals surface area contributed by atoms with Crippen molar-refractivity contribution in [3.63, 3.8) is 0 Å². The normalized spacial score (nSPS) is 15.7. The van der Waals surface area contributed by atoms with E-state index in [1.807, 2.05) is 6.07 Å². The lowest BCUT2D eigenvalue weighted by Crippen LogP contribution is -2.38. The molecular formula is C16H19NO5. The number of carbonyl (C=O) groups excluding carboxylic acids is 2. The molecule has 6 heteroatoms. The number of nitrogens with zero attached hydrogens (tertiary/aromatic N) is 1. The number of ether oxygens (including phenoxy) is 3. The van der Waals surface area contributed by atoms with Gasteiger partial charge in [-0.3, -0.25) is 9.59 Å². The minimum Gasteiger partial charge on any atom is -0.466 e. The van der Waals surface area contributed by atoms with Gasteiger partial charge in [-0.05, 0) is 37.5 Å². The Morgan fingerprint density at radius 2 is 2.09 bits per heavy atom. The molecule has 0 radical (unpaired) electrons. The lowest BCUT2D eigenvalue weighted by atomic mass is 9.98. The summed E-state index contributed by atoms with van der Waals surface area (Å²) in [4.78, 5) is 25.6. The second-order valence-electron chi connectivity index (χ2n) is 5.31. The van der Waals surface area contributed by atoms with Crippen LogP contribution in [0.25, 0.3) is 0 Å². The molecule has 0 saturated carbocycles. The van der Waals surface area contributed by atoms with Gasteiger partial charge in [-0.1, -0.05) is 0 Å². The van der Waals surface area contributed by atoms with Crippen molar-refractivity contribution in [2.24, 2.45) is 0 Å². The van der Waals surface area contributed by atoms with Crippen molar-refractivity contribution >= 4 is 11.9 Å². The molecule has 0 spiro atoms. The van der Waals surface area contributed by atoms with Crippen LogP contribution in [0.4, 0.5) is 0 Å². The molecule has 3 rings (SSSR count). The summed E-state index contributed by atoms with van der Waals surface area (Å²) in [7, 11) is 0. The van der Waals surface area contributed by atoms with Gasteiger partial charge in [-0.2, -0.15) is 0 Å². The molecule has 0 unspecified atom stereocenters. The highest BCUT2D eigenvalue weighted by atomic mass is 16.7. The van der Waals surface area contributed by atoms with Crippen LogP contribution in [-0.4, -0.2) is 43.3 Å². The molecule has 2 aliphatic heterocycles. The van der Waals surface area contributed by atoms with Crippen molar-refractivity contribution in [3.05, 3.63) is 23.3 Å². The van der Waals surface area contributed by atoms with E-state index in [0.717, 1.165) is 12.0 Å². The van der Waals surface area contributed by atoms with Crippen molar-refractivity contribution in [1.82, 2.24) is 4.90 Å². The van der Waals surface area contributed by atoms with Crippen molar-refractivity contribution in [1.29, 1.82) is 0 Å². The summed E-state index contributed by atoms with van der Waals surface area (Å²) in [5.41, 5.74) is 1.67. The first-order chi connectivity index (χ1) is 10.7. The van der Waals surface area contributed by atoms with Crippen LogP contribution in [0.2, 0.25) is 0 Å². The molecule has 2 aliphatic rings. The lowest BCUT2D eigenvalue weighted by molar-refractivity contribution is -0.143. The summed E-state index contributed by atoms with van der Waals surface area (Å²) < 4.78 is 15.6. The Balaban J connectivity index is 1.63. The van der Waals surface area contributed by atoms with E-state index in [4.69, 9.17) is 14.2 Å². The first kappa shape index (κ1) is 14.7. The SMILES string of the molecule is CCOC(=O)CCCN1CCc2cc3c(cc2C1=O)OCO3. The monoisotopic (exact) mass is 305 g/mol. The van der Waals surface area contributed by atoms with Gasteiger partial charge >= 0.3 is 5.97 Å². The fourth-order valence-corrected chi connectivity index (χ4v) is 2.78. The van der Waals surface area contributed by atoms with Gasteiger partial charge in [0.15, 0.2) is 11.5 Å². The van der Waals surface area contributed by atoms with Crippen molar-refractivity contribution in [3.8, 4) is 11.5 Å². The number of esters is 1. The molecule has 1 aromatic rings. The molecule has 1 aromatic carbocycles. The van der Waals surface area contributed by atoms with E-state index in [2.05, 4.69) is 0 Å². The van der Waals surface area contributed by atoms with E-state index in [1.54, 1.807) is 17.9 Å². The molecule has 0 atom stereocenters. The Labute approximate surface area is 128 Å². The van der Waals surface area contributed by atoms with Gasteiger partial charge in [0.05, 0.1) is 6.61 Å². The molecule has 6 nitrogen and oxygen atoms in total. The quantitative estimate of drug-likeness (QED) is 0.776. The Kier molecular flexibility index (Phi) is 4.18. The van der Waals surface area contributed by atoms with Crippen LogP contribution in [0.5, 0.6) is 11.5 Å². The standard InChI is InChI=1S/C16H19NO5/c1-2-20-15(18)4-3-6-17-7-5-11-8-13-14(22-10-21-13)9-12(11)16(17)19/h8-9H,2-7,10H2,1H3. The van der Waals surface area contributed by atoms with E-state index >= 15 is 0 Å². The molecular weight excluding hydrogens is 286 g/mol. The second kappa shape index (κ2) is 6.25. The third-order valence-electron chi connectivity index (χ3n) is 3.88. The predicted octanol–water partition coefficient (Wildman–Crippen LogP) is 1.76. The number of hydrogen-bond donors (Lipinski definition) is 0. The maximum Gasteiger partial charge on any atom is 0.305 e. The second-order valence-corrected chi connectivity index (χ2v) is 5.31. The fourth-order valence-electron chi connectivity index (χ4n) is 2.78. The summed E-state index contributed by atoms with van der Waals surface area (Å²) in [6, 6.07) is 3.66. The Morgan fingerprint density at radius 1 is 1.32 bits per heavy atom. The molecule has 2 heterocycles. The average molecular weight is 305 g/mol.